The standard InChI is InChI=1S/C5H9NO/c1-4-2-5(7)6-3-4/h2,5-7H,3H2,1H3. The van der Waals surface area contributed by atoms with Crippen LogP contribution in [-0.4, -0.2) is 17.9 Å². The van der Waals surface area contributed by atoms with E-state index in [1.54, 1.807) is 6.08 Å². The second kappa shape index (κ2) is 1.64. The Bertz CT molecular complexity index is 98.3. The fraction of sp³-hybridized carbons (Fsp3) is 0.600. The van der Waals surface area contributed by atoms with Gasteiger partial charge in [-0.2, -0.15) is 0 Å². The van der Waals surface area contributed by atoms with Gasteiger partial charge in [0.05, 0.1) is 0 Å². The fourth-order valence-electron chi connectivity index (χ4n) is 0.653. The Morgan fingerprint density at radius 2 is 2.71 bits per heavy atom. The van der Waals surface area contributed by atoms with E-state index in [2.05, 4.69) is 5.32 Å². The van der Waals surface area contributed by atoms with Crippen LogP contribution in [0.15, 0.2) is 11.6 Å². The molecule has 7 heavy (non-hydrogen) atoms. The quantitative estimate of drug-likeness (QED) is 0.414. The summed E-state index contributed by atoms with van der Waals surface area (Å²) < 4.78 is 0. The van der Waals surface area contributed by atoms with Crippen molar-refractivity contribution in [2.75, 3.05) is 6.54 Å². The zero-order chi connectivity index (χ0) is 5.28. The van der Waals surface area contributed by atoms with Crippen molar-refractivity contribution in [2.45, 2.75) is 13.2 Å². The lowest BCUT2D eigenvalue weighted by molar-refractivity contribution is 0.199. The number of nitrogens with one attached hydrogen (secondary N) is 1. The second-order valence-corrected chi connectivity index (χ2v) is 1.84. The van der Waals surface area contributed by atoms with E-state index in [0.29, 0.717) is 0 Å². The number of hydrogen-bond acceptors (Lipinski definition) is 2. The maximum absolute atomic E-state index is 8.71. The molecule has 1 rings (SSSR count). The van der Waals surface area contributed by atoms with Gasteiger partial charge in [0.1, 0.15) is 6.23 Å². The van der Waals surface area contributed by atoms with Crippen molar-refractivity contribution in [1.29, 1.82) is 0 Å². The first-order valence-corrected chi connectivity index (χ1v) is 2.38. The Kier molecular flexibility index (Phi) is 1.13. The van der Waals surface area contributed by atoms with Gasteiger partial charge >= 0.3 is 0 Å². The van der Waals surface area contributed by atoms with Crippen molar-refractivity contribution in [3.8, 4) is 0 Å². The molecule has 0 fully saturated rings. The number of rotatable bonds is 0. The molecule has 40 valence electrons. The minimum absolute atomic E-state index is 0.389. The van der Waals surface area contributed by atoms with Crippen LogP contribution in [-0.2, 0) is 0 Å². The van der Waals surface area contributed by atoms with E-state index in [4.69, 9.17) is 5.11 Å². The Labute approximate surface area is 42.8 Å². The molecule has 0 saturated heterocycles. The van der Waals surface area contributed by atoms with Crippen LogP contribution in [0.5, 0.6) is 0 Å². The third kappa shape index (κ3) is 1.01. The molecule has 1 aliphatic rings. The maximum Gasteiger partial charge on any atom is 0.124 e. The second-order valence-electron chi connectivity index (χ2n) is 1.84. The average Bonchev–Trinajstić information content (AvgIpc) is 1.87. The number of aliphatic hydroxyl groups is 1. The molecule has 1 unspecified atom stereocenters. The van der Waals surface area contributed by atoms with Crippen LogP contribution < -0.4 is 5.32 Å². The van der Waals surface area contributed by atoms with Crippen molar-refractivity contribution >= 4 is 0 Å². The van der Waals surface area contributed by atoms with Gasteiger partial charge in [0.2, 0.25) is 0 Å². The Hall–Kier alpha value is -0.340. The topological polar surface area (TPSA) is 32.3 Å². The predicted octanol–water partition coefficient (Wildman–Crippen LogP) is -0.146. The van der Waals surface area contributed by atoms with E-state index >= 15 is 0 Å². The van der Waals surface area contributed by atoms with E-state index < -0.39 is 0 Å². The molecular formula is C5H9NO. The van der Waals surface area contributed by atoms with Gasteiger partial charge in [0.25, 0.3) is 0 Å². The van der Waals surface area contributed by atoms with E-state index in [1.165, 1.54) is 5.57 Å². The SMILES string of the molecule is CC1=CC(O)NC1. The Morgan fingerprint density at radius 3 is 2.86 bits per heavy atom. The normalized spacial score (nSPS) is 30.6. The van der Waals surface area contributed by atoms with Gasteiger partial charge in [0.15, 0.2) is 0 Å². The van der Waals surface area contributed by atoms with Gasteiger partial charge < -0.3 is 5.11 Å². The molecule has 1 heterocycles. The molecule has 0 saturated carbocycles. The highest BCUT2D eigenvalue weighted by Gasteiger charge is 2.05. The Balaban J connectivity index is 2.50. The zero-order valence-corrected chi connectivity index (χ0v) is 4.31. The molecule has 0 bridgehead atoms. The predicted molar refractivity (Wildman–Crippen MR) is 27.8 cm³/mol. The van der Waals surface area contributed by atoms with Crippen LogP contribution in [0.2, 0.25) is 0 Å². The zero-order valence-electron chi connectivity index (χ0n) is 4.31. The van der Waals surface area contributed by atoms with Crippen LogP contribution in [0.3, 0.4) is 0 Å². The minimum atomic E-state index is -0.389. The van der Waals surface area contributed by atoms with Crippen LogP contribution in [0.1, 0.15) is 6.92 Å². The fourth-order valence-corrected chi connectivity index (χ4v) is 0.653. The summed E-state index contributed by atoms with van der Waals surface area (Å²) >= 11 is 0. The summed E-state index contributed by atoms with van der Waals surface area (Å²) in [7, 11) is 0. The lowest BCUT2D eigenvalue weighted by Gasteiger charge is -1.94. The lowest BCUT2D eigenvalue weighted by Crippen LogP contribution is -2.20. The molecule has 1 atom stereocenters. The van der Waals surface area contributed by atoms with Crippen molar-refractivity contribution in [3.05, 3.63) is 11.6 Å². The first kappa shape index (κ1) is 4.81. The Morgan fingerprint density at radius 1 is 2.00 bits per heavy atom. The van der Waals surface area contributed by atoms with E-state index in [-0.39, 0.29) is 6.23 Å². The van der Waals surface area contributed by atoms with Crippen molar-refractivity contribution in [2.24, 2.45) is 0 Å². The van der Waals surface area contributed by atoms with Gasteiger partial charge in [0, 0.05) is 6.54 Å². The summed E-state index contributed by atoms with van der Waals surface area (Å²) in [4.78, 5) is 0. The third-order valence-electron chi connectivity index (χ3n) is 1.03. The van der Waals surface area contributed by atoms with Gasteiger partial charge in [-0.05, 0) is 13.0 Å². The first-order valence-electron chi connectivity index (χ1n) is 2.38. The van der Waals surface area contributed by atoms with Crippen molar-refractivity contribution in [3.63, 3.8) is 0 Å². The monoisotopic (exact) mass is 99.1 g/mol. The number of hydrogen-bond donors (Lipinski definition) is 2. The minimum Gasteiger partial charge on any atom is -0.375 e. The lowest BCUT2D eigenvalue weighted by atomic mass is 10.3. The van der Waals surface area contributed by atoms with Crippen LogP contribution >= 0.6 is 0 Å². The summed E-state index contributed by atoms with van der Waals surface area (Å²) in [5.41, 5.74) is 1.22. The summed E-state index contributed by atoms with van der Waals surface area (Å²) in [6.07, 6.45) is 1.42. The van der Waals surface area contributed by atoms with Crippen LogP contribution in [0.4, 0.5) is 0 Å². The molecule has 0 aliphatic carbocycles. The highest BCUT2D eigenvalue weighted by atomic mass is 16.3. The summed E-state index contributed by atoms with van der Waals surface area (Å²) in [6, 6.07) is 0. The molecule has 0 aromatic rings. The van der Waals surface area contributed by atoms with Gasteiger partial charge in [-0.3, -0.25) is 5.32 Å². The molecule has 0 aromatic heterocycles. The van der Waals surface area contributed by atoms with Crippen LogP contribution in [0.25, 0.3) is 0 Å². The van der Waals surface area contributed by atoms with Gasteiger partial charge in [-0.1, -0.05) is 5.57 Å². The molecule has 0 spiro atoms. The average molecular weight is 99.1 g/mol. The summed E-state index contributed by atoms with van der Waals surface area (Å²) in [5, 5.41) is 11.5. The van der Waals surface area contributed by atoms with E-state index in [1.807, 2.05) is 6.92 Å². The molecule has 0 amide bonds. The smallest absolute Gasteiger partial charge is 0.124 e. The van der Waals surface area contributed by atoms with Gasteiger partial charge in [-0.15, -0.1) is 0 Å². The molecule has 2 N–H and O–H groups in total. The third-order valence-corrected chi connectivity index (χ3v) is 1.03. The highest BCUT2D eigenvalue weighted by molar-refractivity contribution is 5.09. The molecule has 2 heteroatoms. The molecular weight excluding hydrogens is 90.1 g/mol. The summed E-state index contributed by atoms with van der Waals surface area (Å²) in [5.74, 6) is 0. The van der Waals surface area contributed by atoms with E-state index in [9.17, 15) is 0 Å². The maximum atomic E-state index is 8.71. The highest BCUT2D eigenvalue weighted by Crippen LogP contribution is 1.99. The molecule has 0 radical (unpaired) electrons. The van der Waals surface area contributed by atoms with Gasteiger partial charge in [-0.25, -0.2) is 0 Å². The molecule has 1 aliphatic heterocycles. The summed E-state index contributed by atoms with van der Waals surface area (Å²) in [6.45, 7) is 2.82. The molecule has 2 nitrogen and oxygen atoms in total. The largest absolute Gasteiger partial charge is 0.375 e. The number of aliphatic hydroxyl groups excluding tert-OH is 1. The van der Waals surface area contributed by atoms with Crippen molar-refractivity contribution in [1.82, 2.24) is 5.32 Å². The van der Waals surface area contributed by atoms with Crippen LogP contribution in [0, 0.1) is 0 Å². The first-order chi connectivity index (χ1) is 3.29. The molecule has 0 aromatic carbocycles. The van der Waals surface area contributed by atoms with E-state index in [0.717, 1.165) is 6.54 Å². The van der Waals surface area contributed by atoms with Crippen molar-refractivity contribution < 1.29 is 5.11 Å².